The summed E-state index contributed by atoms with van der Waals surface area (Å²) in [6.45, 7) is 4.26. The fraction of sp³-hybridized carbons (Fsp3) is 0.214. The lowest BCUT2D eigenvalue weighted by molar-refractivity contribution is -0.114. The molecule has 0 aliphatic carbocycles. The molecular formula is C28H29Cl2N3O3S. The van der Waals surface area contributed by atoms with Gasteiger partial charge in [-0.05, 0) is 35.3 Å². The normalized spacial score (nSPS) is 12.2. The molecule has 0 saturated heterocycles. The zero-order valence-corrected chi connectivity index (χ0v) is 23.0. The van der Waals surface area contributed by atoms with Gasteiger partial charge in [0.05, 0.1) is 12.2 Å². The number of aryl methyl sites for hydroxylation is 1. The standard InChI is InChI=1S/C28H29Cl2N3O3S/c1-3-5-9-18-37(35,36)32-27(34)17-16-25-28(30)31-26(4-2)33(25)20-23-15-14-22(19-24(23)29)13-12-21-10-7-6-8-11-21/h6-19H,3-5,20H2,1-2H3,(H,32,34)/b13-12+,17-16+,18-9+. The van der Waals surface area contributed by atoms with Crippen molar-refractivity contribution in [3.05, 3.63) is 104 Å². The van der Waals surface area contributed by atoms with Crippen molar-refractivity contribution in [3.63, 3.8) is 0 Å². The number of benzene rings is 2. The molecule has 37 heavy (non-hydrogen) atoms. The SMILES string of the molecule is CCC/C=C/S(=O)(=O)NC(=O)/C=C/c1c(Cl)nc(CC)n1Cc1ccc(/C=C/c2ccccc2)cc1Cl. The quantitative estimate of drug-likeness (QED) is 0.209. The number of carbonyl (C=O) groups is 1. The minimum Gasteiger partial charge on any atom is -0.323 e. The van der Waals surface area contributed by atoms with Gasteiger partial charge < -0.3 is 4.57 Å². The molecule has 0 unspecified atom stereocenters. The number of aromatic nitrogens is 2. The minimum absolute atomic E-state index is 0.213. The van der Waals surface area contributed by atoms with Crippen molar-refractivity contribution in [1.82, 2.24) is 14.3 Å². The number of sulfonamides is 1. The van der Waals surface area contributed by atoms with E-state index < -0.39 is 15.9 Å². The molecule has 194 valence electrons. The average Bonchev–Trinajstić information content (AvgIpc) is 3.17. The van der Waals surface area contributed by atoms with E-state index in [-0.39, 0.29) is 5.15 Å². The van der Waals surface area contributed by atoms with E-state index in [2.05, 4.69) is 4.98 Å². The first-order chi connectivity index (χ1) is 17.7. The Hall–Kier alpha value is -3.13. The van der Waals surface area contributed by atoms with E-state index in [9.17, 15) is 13.2 Å². The Labute approximate surface area is 228 Å². The maximum Gasteiger partial charge on any atom is 0.257 e. The van der Waals surface area contributed by atoms with Gasteiger partial charge in [-0.1, -0.05) is 104 Å². The molecule has 0 radical (unpaired) electrons. The molecule has 6 nitrogen and oxygen atoms in total. The predicted octanol–water partition coefficient (Wildman–Crippen LogP) is 6.74. The first kappa shape index (κ1) is 28.4. The average molecular weight is 559 g/mol. The van der Waals surface area contributed by atoms with Crippen LogP contribution in [0, 0.1) is 0 Å². The molecule has 1 amide bonds. The highest BCUT2D eigenvalue weighted by Crippen LogP contribution is 2.25. The number of halogens is 2. The van der Waals surface area contributed by atoms with Crippen LogP contribution in [0.3, 0.4) is 0 Å². The van der Waals surface area contributed by atoms with Gasteiger partial charge in [-0.25, -0.2) is 18.1 Å². The Bertz CT molecular complexity index is 1430. The van der Waals surface area contributed by atoms with Crippen molar-refractivity contribution in [2.24, 2.45) is 0 Å². The second kappa shape index (κ2) is 13.4. The van der Waals surface area contributed by atoms with Crippen LogP contribution in [0.4, 0.5) is 0 Å². The van der Waals surface area contributed by atoms with Gasteiger partial charge in [0.1, 0.15) is 5.82 Å². The second-order valence-electron chi connectivity index (χ2n) is 8.24. The van der Waals surface area contributed by atoms with Gasteiger partial charge >= 0.3 is 0 Å². The highest BCUT2D eigenvalue weighted by atomic mass is 35.5. The topological polar surface area (TPSA) is 81.1 Å². The number of allylic oxidation sites excluding steroid dienone is 1. The van der Waals surface area contributed by atoms with Crippen LogP contribution in [0.5, 0.6) is 0 Å². The number of nitrogens with zero attached hydrogens (tertiary/aromatic N) is 2. The Morgan fingerprint density at radius 2 is 1.76 bits per heavy atom. The van der Waals surface area contributed by atoms with Crippen LogP contribution >= 0.6 is 23.2 Å². The van der Waals surface area contributed by atoms with E-state index in [0.717, 1.165) is 34.6 Å². The number of amides is 1. The van der Waals surface area contributed by atoms with E-state index in [1.165, 1.54) is 12.2 Å². The minimum atomic E-state index is -3.87. The number of unbranched alkanes of at least 4 members (excludes halogenated alkanes) is 1. The van der Waals surface area contributed by atoms with E-state index in [4.69, 9.17) is 23.2 Å². The molecule has 0 spiro atoms. The summed E-state index contributed by atoms with van der Waals surface area (Å²) in [6.07, 6.45) is 10.1. The third-order valence-corrected chi connectivity index (χ3v) is 7.06. The first-order valence-corrected chi connectivity index (χ1v) is 14.2. The third kappa shape index (κ3) is 8.45. The number of hydrogen-bond acceptors (Lipinski definition) is 4. The highest BCUT2D eigenvalue weighted by Gasteiger charge is 2.15. The fourth-order valence-electron chi connectivity index (χ4n) is 3.53. The van der Waals surface area contributed by atoms with E-state index in [1.54, 1.807) is 0 Å². The monoisotopic (exact) mass is 557 g/mol. The maximum atomic E-state index is 12.3. The molecule has 1 heterocycles. The van der Waals surface area contributed by atoms with Crippen molar-refractivity contribution < 1.29 is 13.2 Å². The van der Waals surface area contributed by atoms with Gasteiger partial charge in [-0.3, -0.25) is 4.79 Å². The van der Waals surface area contributed by atoms with E-state index >= 15 is 0 Å². The molecule has 1 aromatic heterocycles. The van der Waals surface area contributed by atoms with Crippen LogP contribution in [0.15, 0.2) is 66.1 Å². The van der Waals surface area contributed by atoms with Crippen molar-refractivity contribution in [2.75, 3.05) is 0 Å². The highest BCUT2D eigenvalue weighted by molar-refractivity contribution is 7.92. The van der Waals surface area contributed by atoms with Crippen LogP contribution < -0.4 is 4.72 Å². The van der Waals surface area contributed by atoms with Crippen molar-refractivity contribution in [3.8, 4) is 0 Å². The van der Waals surface area contributed by atoms with Crippen LogP contribution in [-0.2, 0) is 27.8 Å². The van der Waals surface area contributed by atoms with E-state index in [0.29, 0.717) is 35.9 Å². The summed E-state index contributed by atoms with van der Waals surface area (Å²) in [5.74, 6) is -0.0695. The summed E-state index contributed by atoms with van der Waals surface area (Å²) in [6, 6.07) is 15.8. The summed E-state index contributed by atoms with van der Waals surface area (Å²) < 4.78 is 27.9. The summed E-state index contributed by atoms with van der Waals surface area (Å²) >= 11 is 13.0. The van der Waals surface area contributed by atoms with Crippen molar-refractivity contribution >= 4 is 57.4 Å². The van der Waals surface area contributed by atoms with Crippen molar-refractivity contribution in [1.29, 1.82) is 0 Å². The molecule has 0 saturated carbocycles. The Kier molecular flexibility index (Phi) is 10.3. The second-order valence-corrected chi connectivity index (χ2v) is 10.6. The molecule has 0 bridgehead atoms. The number of imidazole rings is 1. The van der Waals surface area contributed by atoms with Crippen LogP contribution in [0.25, 0.3) is 18.2 Å². The summed E-state index contributed by atoms with van der Waals surface area (Å²) in [7, 11) is -3.87. The summed E-state index contributed by atoms with van der Waals surface area (Å²) in [5, 5.41) is 1.79. The molecule has 0 atom stereocenters. The number of hydrogen-bond donors (Lipinski definition) is 1. The van der Waals surface area contributed by atoms with Gasteiger partial charge in [0.2, 0.25) is 0 Å². The van der Waals surface area contributed by atoms with Crippen LogP contribution in [0.2, 0.25) is 10.2 Å². The molecule has 3 aromatic rings. The number of nitrogens with one attached hydrogen (secondary N) is 1. The molecule has 3 rings (SSSR count). The molecule has 2 aromatic carbocycles. The summed E-state index contributed by atoms with van der Waals surface area (Å²) in [5.41, 5.74) is 3.39. The van der Waals surface area contributed by atoms with Gasteiger partial charge in [0, 0.05) is 22.9 Å². The molecular weight excluding hydrogens is 529 g/mol. The van der Waals surface area contributed by atoms with E-state index in [1.807, 2.05) is 83.8 Å². The van der Waals surface area contributed by atoms with Crippen LogP contribution in [0.1, 0.15) is 54.9 Å². The lowest BCUT2D eigenvalue weighted by atomic mass is 10.1. The lowest BCUT2D eigenvalue weighted by Crippen LogP contribution is -2.27. The smallest absolute Gasteiger partial charge is 0.257 e. The summed E-state index contributed by atoms with van der Waals surface area (Å²) in [4.78, 5) is 16.7. The van der Waals surface area contributed by atoms with Gasteiger partial charge in [-0.15, -0.1) is 0 Å². The Balaban J connectivity index is 1.80. The van der Waals surface area contributed by atoms with Gasteiger partial charge in [-0.2, -0.15) is 0 Å². The maximum absolute atomic E-state index is 12.3. The molecule has 1 N–H and O–H groups in total. The third-order valence-electron chi connectivity index (χ3n) is 5.40. The lowest BCUT2D eigenvalue weighted by Gasteiger charge is -2.12. The first-order valence-electron chi connectivity index (χ1n) is 11.9. The van der Waals surface area contributed by atoms with Crippen molar-refractivity contribution in [2.45, 2.75) is 39.7 Å². The number of rotatable bonds is 11. The fourth-order valence-corrected chi connectivity index (χ4v) is 4.85. The predicted molar refractivity (Wildman–Crippen MR) is 153 cm³/mol. The van der Waals surface area contributed by atoms with Crippen LogP contribution in [-0.4, -0.2) is 23.9 Å². The van der Waals surface area contributed by atoms with Gasteiger partial charge in [0.25, 0.3) is 15.9 Å². The largest absolute Gasteiger partial charge is 0.323 e. The molecule has 0 aliphatic heterocycles. The number of carbonyl (C=O) groups excluding carboxylic acids is 1. The Morgan fingerprint density at radius 1 is 1.03 bits per heavy atom. The Morgan fingerprint density at radius 3 is 2.43 bits per heavy atom. The zero-order valence-electron chi connectivity index (χ0n) is 20.7. The molecule has 9 heteroatoms. The van der Waals surface area contributed by atoms with Gasteiger partial charge in [0.15, 0.2) is 5.15 Å². The zero-order chi connectivity index (χ0) is 26.8. The molecule has 0 fully saturated rings. The molecule has 0 aliphatic rings.